The highest BCUT2D eigenvalue weighted by atomic mass is 16.3. The summed E-state index contributed by atoms with van der Waals surface area (Å²) >= 11 is 0. The summed E-state index contributed by atoms with van der Waals surface area (Å²) in [6.45, 7) is 0.163. The Morgan fingerprint density at radius 1 is 1.67 bits per heavy atom. The number of carbonyl (C=O) groups is 1. The molecular formula is C7H12O2. The van der Waals surface area contributed by atoms with E-state index in [0.717, 1.165) is 19.3 Å². The molecule has 1 rings (SSSR count). The predicted molar refractivity (Wildman–Crippen MR) is 34.1 cm³/mol. The molecule has 0 spiro atoms. The molecule has 0 radical (unpaired) electrons. The SMILES string of the molecule is O=C1CCCC1CCO. The van der Waals surface area contributed by atoms with Crippen LogP contribution in [-0.2, 0) is 4.79 Å². The van der Waals surface area contributed by atoms with E-state index >= 15 is 0 Å². The van der Waals surface area contributed by atoms with Gasteiger partial charge in [0.25, 0.3) is 0 Å². The van der Waals surface area contributed by atoms with Crippen LogP contribution in [0, 0.1) is 5.92 Å². The van der Waals surface area contributed by atoms with Gasteiger partial charge in [0.1, 0.15) is 5.78 Å². The molecule has 2 heteroatoms. The van der Waals surface area contributed by atoms with Gasteiger partial charge in [0.05, 0.1) is 0 Å². The Hall–Kier alpha value is -0.370. The average molecular weight is 128 g/mol. The van der Waals surface area contributed by atoms with Gasteiger partial charge in [-0.3, -0.25) is 4.79 Å². The van der Waals surface area contributed by atoms with Crippen molar-refractivity contribution >= 4 is 5.78 Å². The number of hydrogen-bond acceptors (Lipinski definition) is 2. The molecule has 1 N–H and O–H groups in total. The van der Waals surface area contributed by atoms with Crippen molar-refractivity contribution in [3.8, 4) is 0 Å². The zero-order valence-corrected chi connectivity index (χ0v) is 5.47. The molecule has 0 aromatic rings. The Morgan fingerprint density at radius 2 is 2.44 bits per heavy atom. The lowest BCUT2D eigenvalue weighted by Gasteiger charge is -2.01. The number of hydrogen-bond donors (Lipinski definition) is 1. The van der Waals surface area contributed by atoms with Gasteiger partial charge in [0, 0.05) is 18.9 Å². The smallest absolute Gasteiger partial charge is 0.136 e. The van der Waals surface area contributed by atoms with Gasteiger partial charge in [-0.15, -0.1) is 0 Å². The van der Waals surface area contributed by atoms with Gasteiger partial charge in [0.15, 0.2) is 0 Å². The molecule has 2 nitrogen and oxygen atoms in total. The third-order valence-corrected chi connectivity index (χ3v) is 1.91. The Balaban J connectivity index is 2.31. The van der Waals surface area contributed by atoms with Crippen molar-refractivity contribution in [3.63, 3.8) is 0 Å². The molecule has 0 bridgehead atoms. The summed E-state index contributed by atoms with van der Waals surface area (Å²) in [6, 6.07) is 0. The van der Waals surface area contributed by atoms with Gasteiger partial charge < -0.3 is 5.11 Å². The first-order valence-corrected chi connectivity index (χ1v) is 3.48. The second-order valence-corrected chi connectivity index (χ2v) is 2.57. The molecule has 1 aliphatic rings. The number of carbonyl (C=O) groups excluding carboxylic acids is 1. The molecule has 0 saturated heterocycles. The Labute approximate surface area is 54.9 Å². The van der Waals surface area contributed by atoms with E-state index in [9.17, 15) is 4.79 Å². The van der Waals surface area contributed by atoms with Crippen LogP contribution < -0.4 is 0 Å². The molecule has 0 amide bonds. The molecule has 9 heavy (non-hydrogen) atoms. The van der Waals surface area contributed by atoms with E-state index in [2.05, 4.69) is 0 Å². The lowest BCUT2D eigenvalue weighted by molar-refractivity contribution is -0.121. The number of aliphatic hydroxyl groups excluding tert-OH is 1. The van der Waals surface area contributed by atoms with Crippen LogP contribution in [0.5, 0.6) is 0 Å². The molecule has 1 aliphatic carbocycles. The molecule has 0 aromatic heterocycles. The lowest BCUT2D eigenvalue weighted by atomic mass is 10.0. The van der Waals surface area contributed by atoms with Gasteiger partial charge in [-0.05, 0) is 19.3 Å². The summed E-state index contributed by atoms with van der Waals surface area (Å²) < 4.78 is 0. The average Bonchev–Trinajstić information content (AvgIpc) is 2.18. The normalized spacial score (nSPS) is 27.2. The topological polar surface area (TPSA) is 37.3 Å². The van der Waals surface area contributed by atoms with E-state index in [1.807, 2.05) is 0 Å². The van der Waals surface area contributed by atoms with Gasteiger partial charge in [0.2, 0.25) is 0 Å². The van der Waals surface area contributed by atoms with Crippen molar-refractivity contribution in [2.45, 2.75) is 25.7 Å². The fraction of sp³-hybridized carbons (Fsp3) is 0.857. The maximum atomic E-state index is 10.9. The van der Waals surface area contributed by atoms with Gasteiger partial charge in [-0.1, -0.05) is 0 Å². The summed E-state index contributed by atoms with van der Waals surface area (Å²) in [4.78, 5) is 10.9. The first-order chi connectivity index (χ1) is 4.34. The molecule has 0 aliphatic heterocycles. The summed E-state index contributed by atoms with van der Waals surface area (Å²) in [5.41, 5.74) is 0. The number of Topliss-reactive ketones (excluding diaryl/α,β-unsaturated/α-hetero) is 1. The van der Waals surface area contributed by atoms with Crippen molar-refractivity contribution in [3.05, 3.63) is 0 Å². The Morgan fingerprint density at radius 3 is 2.89 bits per heavy atom. The maximum Gasteiger partial charge on any atom is 0.136 e. The van der Waals surface area contributed by atoms with Crippen LogP contribution in [0.3, 0.4) is 0 Å². The first-order valence-electron chi connectivity index (χ1n) is 3.48. The molecule has 1 unspecified atom stereocenters. The molecule has 0 heterocycles. The van der Waals surface area contributed by atoms with E-state index in [1.54, 1.807) is 0 Å². The molecule has 1 atom stereocenters. The molecule has 52 valence electrons. The fourth-order valence-corrected chi connectivity index (χ4v) is 1.35. The minimum Gasteiger partial charge on any atom is -0.396 e. The minimum atomic E-state index is 0.163. The number of rotatable bonds is 2. The Kier molecular flexibility index (Phi) is 2.22. The largest absolute Gasteiger partial charge is 0.396 e. The van der Waals surface area contributed by atoms with Crippen molar-refractivity contribution in [1.82, 2.24) is 0 Å². The summed E-state index contributed by atoms with van der Waals surface area (Å²) in [5.74, 6) is 0.541. The molecule has 0 aromatic carbocycles. The van der Waals surface area contributed by atoms with E-state index in [4.69, 9.17) is 5.11 Å². The highest BCUT2D eigenvalue weighted by molar-refractivity contribution is 5.82. The third kappa shape index (κ3) is 1.52. The zero-order valence-electron chi connectivity index (χ0n) is 5.47. The van der Waals surface area contributed by atoms with Crippen LogP contribution in [0.25, 0.3) is 0 Å². The molecule has 1 fully saturated rings. The number of ketones is 1. The maximum absolute atomic E-state index is 10.9. The van der Waals surface area contributed by atoms with Gasteiger partial charge >= 0.3 is 0 Å². The lowest BCUT2D eigenvalue weighted by Crippen LogP contribution is -2.07. The van der Waals surface area contributed by atoms with E-state index < -0.39 is 0 Å². The van der Waals surface area contributed by atoms with Crippen molar-refractivity contribution < 1.29 is 9.90 Å². The quantitative estimate of drug-likeness (QED) is 0.595. The van der Waals surface area contributed by atoms with Crippen molar-refractivity contribution in [1.29, 1.82) is 0 Å². The van der Waals surface area contributed by atoms with Crippen molar-refractivity contribution in [2.24, 2.45) is 5.92 Å². The Bertz CT molecular complexity index is 109. The molecular weight excluding hydrogens is 116 g/mol. The fourth-order valence-electron chi connectivity index (χ4n) is 1.35. The van der Waals surface area contributed by atoms with Gasteiger partial charge in [-0.25, -0.2) is 0 Å². The van der Waals surface area contributed by atoms with E-state index in [0.29, 0.717) is 12.2 Å². The number of aliphatic hydroxyl groups is 1. The minimum absolute atomic E-state index is 0.163. The van der Waals surface area contributed by atoms with Crippen LogP contribution >= 0.6 is 0 Å². The summed E-state index contributed by atoms with van der Waals surface area (Å²) in [7, 11) is 0. The summed E-state index contributed by atoms with van der Waals surface area (Å²) in [6.07, 6.45) is 3.45. The van der Waals surface area contributed by atoms with E-state index in [-0.39, 0.29) is 12.5 Å². The first kappa shape index (κ1) is 6.75. The second kappa shape index (κ2) is 2.97. The monoisotopic (exact) mass is 128 g/mol. The van der Waals surface area contributed by atoms with Crippen LogP contribution in [-0.4, -0.2) is 17.5 Å². The van der Waals surface area contributed by atoms with E-state index in [1.165, 1.54) is 0 Å². The highest BCUT2D eigenvalue weighted by Crippen LogP contribution is 2.23. The standard InChI is InChI=1S/C7H12O2/c8-5-4-6-2-1-3-7(6)9/h6,8H,1-5H2. The predicted octanol–water partition coefficient (Wildman–Crippen LogP) is 0.738. The third-order valence-electron chi connectivity index (χ3n) is 1.91. The van der Waals surface area contributed by atoms with Crippen molar-refractivity contribution in [2.75, 3.05) is 6.61 Å². The van der Waals surface area contributed by atoms with Crippen LogP contribution in [0.4, 0.5) is 0 Å². The molecule has 1 saturated carbocycles. The zero-order chi connectivity index (χ0) is 6.69. The summed E-state index contributed by atoms with van der Waals surface area (Å²) in [5, 5.41) is 8.49. The van der Waals surface area contributed by atoms with Crippen LogP contribution in [0.1, 0.15) is 25.7 Å². The second-order valence-electron chi connectivity index (χ2n) is 2.57. The van der Waals surface area contributed by atoms with Crippen LogP contribution in [0.2, 0.25) is 0 Å². The van der Waals surface area contributed by atoms with Gasteiger partial charge in [-0.2, -0.15) is 0 Å². The highest BCUT2D eigenvalue weighted by Gasteiger charge is 2.22. The van der Waals surface area contributed by atoms with Crippen LogP contribution in [0.15, 0.2) is 0 Å².